The van der Waals surface area contributed by atoms with Gasteiger partial charge in [0.1, 0.15) is 18.1 Å². The van der Waals surface area contributed by atoms with E-state index in [0.717, 1.165) is 16.5 Å². The van der Waals surface area contributed by atoms with E-state index >= 15 is 0 Å². The first-order valence-corrected chi connectivity index (χ1v) is 11.2. The van der Waals surface area contributed by atoms with E-state index in [1.165, 1.54) is 0 Å². The second-order valence-corrected chi connectivity index (χ2v) is 8.04. The molecule has 14 nitrogen and oxygen atoms in total. The third-order valence-electron chi connectivity index (χ3n) is 5.27. The fraction of sp³-hybridized carbons (Fsp3) is 0.409. The van der Waals surface area contributed by atoms with E-state index in [1.807, 2.05) is 24.3 Å². The summed E-state index contributed by atoms with van der Waals surface area (Å²) in [4.78, 5) is 55.7. The van der Waals surface area contributed by atoms with E-state index < -0.39 is 55.0 Å². The molecule has 0 saturated carbocycles. The summed E-state index contributed by atoms with van der Waals surface area (Å²) < 4.78 is 0. The van der Waals surface area contributed by atoms with Crippen molar-refractivity contribution in [3.05, 3.63) is 36.0 Å². The fourth-order valence-corrected chi connectivity index (χ4v) is 3.39. The summed E-state index contributed by atoms with van der Waals surface area (Å²) in [5, 5.41) is 26.5. The van der Waals surface area contributed by atoms with Crippen LogP contribution in [0.15, 0.2) is 35.5 Å². The lowest BCUT2D eigenvalue weighted by Gasteiger charge is -2.20. The number of aliphatic hydroxyl groups is 1. The number of nitrogens with zero attached hydrogens (tertiary/aromatic N) is 1. The molecule has 0 unspecified atom stereocenters. The number of aromatic nitrogens is 1. The van der Waals surface area contributed by atoms with Gasteiger partial charge in [0.2, 0.25) is 17.7 Å². The van der Waals surface area contributed by atoms with Gasteiger partial charge >= 0.3 is 5.97 Å². The second-order valence-electron chi connectivity index (χ2n) is 8.04. The highest BCUT2D eigenvalue weighted by Crippen LogP contribution is 2.19. The molecule has 2 rings (SSSR count). The number of carboxylic acid groups (broad SMARTS) is 1. The molecule has 0 fully saturated rings. The average Bonchev–Trinajstić information content (AvgIpc) is 3.25. The van der Waals surface area contributed by atoms with Crippen molar-refractivity contribution in [3.63, 3.8) is 0 Å². The van der Waals surface area contributed by atoms with Gasteiger partial charge < -0.3 is 48.3 Å². The summed E-state index contributed by atoms with van der Waals surface area (Å²) in [6, 6.07) is 3.83. The van der Waals surface area contributed by atoms with Gasteiger partial charge in [-0.15, -0.1) is 0 Å². The summed E-state index contributed by atoms with van der Waals surface area (Å²) in [7, 11) is 0. The molecule has 196 valence electrons. The van der Waals surface area contributed by atoms with Crippen LogP contribution in [0.25, 0.3) is 10.9 Å². The molecule has 0 aliphatic carbocycles. The predicted octanol–water partition coefficient (Wildman–Crippen LogP) is -2.75. The third-order valence-corrected chi connectivity index (χ3v) is 5.27. The molecule has 0 bridgehead atoms. The average molecular weight is 505 g/mol. The first-order valence-electron chi connectivity index (χ1n) is 11.2. The maximum absolute atomic E-state index is 12.9. The van der Waals surface area contributed by atoms with Crippen LogP contribution in [0, 0.1) is 0 Å². The normalized spacial score (nSPS) is 13.3. The standard InChI is InChI=1S/C22H32N8O6/c23-14(11-31)19(33)30-17(8-12-9-27-15-5-2-1-4-13(12)15)20(34)28-10-18(32)29-16(21(35)36)6-3-7-26-22(24)25/h1-2,4-5,9,14,16-17,27,31H,3,6-8,10-11,23H2,(H,28,34)(H,29,32)(H,30,33)(H,35,36)(H4,24,25,26)/t14-,16-,17-/m0/s1. The van der Waals surface area contributed by atoms with Crippen molar-refractivity contribution in [3.8, 4) is 0 Å². The Labute approximate surface area is 206 Å². The smallest absolute Gasteiger partial charge is 0.326 e. The Morgan fingerprint density at radius 3 is 2.44 bits per heavy atom. The number of carboxylic acids is 1. The number of para-hydroxylation sites is 1. The van der Waals surface area contributed by atoms with Crippen LogP contribution in [0.2, 0.25) is 0 Å². The number of nitrogens with two attached hydrogens (primary N) is 3. The number of rotatable bonds is 14. The second kappa shape index (κ2) is 13.7. The first kappa shape index (κ1) is 28.1. The number of carbonyl (C=O) groups excluding carboxylic acids is 3. The number of fused-ring (bicyclic) bond motifs is 1. The van der Waals surface area contributed by atoms with Crippen molar-refractivity contribution >= 4 is 40.6 Å². The topological polar surface area (TPSA) is 251 Å². The number of amides is 3. The molecular formula is C22H32N8O6. The number of aromatic amines is 1. The molecule has 2 aromatic rings. The molecule has 3 atom stereocenters. The van der Waals surface area contributed by atoms with Crippen LogP contribution in [-0.2, 0) is 25.6 Å². The first-order chi connectivity index (χ1) is 17.1. The minimum atomic E-state index is -1.25. The Bertz CT molecular complexity index is 1100. The number of hydrogen-bond acceptors (Lipinski definition) is 7. The van der Waals surface area contributed by atoms with Gasteiger partial charge in [-0.25, -0.2) is 4.79 Å². The van der Waals surface area contributed by atoms with Crippen molar-refractivity contribution in [1.29, 1.82) is 0 Å². The minimum absolute atomic E-state index is 0.0733. The Morgan fingerprint density at radius 2 is 1.78 bits per heavy atom. The Hall–Kier alpha value is -4.17. The lowest BCUT2D eigenvalue weighted by Crippen LogP contribution is -2.54. The van der Waals surface area contributed by atoms with E-state index in [2.05, 4.69) is 25.9 Å². The van der Waals surface area contributed by atoms with Gasteiger partial charge in [-0.05, 0) is 24.5 Å². The SMILES string of the molecule is NC(N)=NCCC[C@H](NC(=O)CNC(=O)[C@H](Cc1c[nH]c2ccccc12)NC(=O)[C@@H](N)CO)C(=O)O. The molecule has 1 heterocycles. The summed E-state index contributed by atoms with van der Waals surface area (Å²) in [5.41, 5.74) is 17.6. The number of hydrogen-bond donors (Lipinski definition) is 9. The third kappa shape index (κ3) is 8.56. The van der Waals surface area contributed by atoms with Crippen molar-refractivity contribution in [2.75, 3.05) is 19.7 Å². The van der Waals surface area contributed by atoms with Crippen LogP contribution >= 0.6 is 0 Å². The molecule has 36 heavy (non-hydrogen) atoms. The molecule has 0 aliphatic rings. The zero-order valence-corrected chi connectivity index (χ0v) is 19.6. The minimum Gasteiger partial charge on any atom is -0.480 e. The van der Waals surface area contributed by atoms with Crippen molar-refractivity contribution in [2.24, 2.45) is 22.2 Å². The molecule has 0 aliphatic heterocycles. The quantitative estimate of drug-likeness (QED) is 0.0733. The van der Waals surface area contributed by atoms with Gasteiger partial charge in [-0.3, -0.25) is 19.4 Å². The molecule has 0 radical (unpaired) electrons. The summed E-state index contributed by atoms with van der Waals surface area (Å²) in [5.74, 6) is -3.53. The maximum Gasteiger partial charge on any atom is 0.326 e. The van der Waals surface area contributed by atoms with Crippen molar-refractivity contribution in [1.82, 2.24) is 20.9 Å². The van der Waals surface area contributed by atoms with Crippen LogP contribution in [0.3, 0.4) is 0 Å². The Balaban J connectivity index is 2.02. The van der Waals surface area contributed by atoms with Gasteiger partial charge in [0.25, 0.3) is 0 Å². The van der Waals surface area contributed by atoms with Gasteiger partial charge in [0.15, 0.2) is 5.96 Å². The maximum atomic E-state index is 12.9. The summed E-state index contributed by atoms with van der Waals surface area (Å²) >= 11 is 0. The number of aliphatic imine (C=N–C) groups is 1. The number of carbonyl (C=O) groups is 4. The molecular weight excluding hydrogens is 472 g/mol. The molecule has 1 aromatic heterocycles. The summed E-state index contributed by atoms with van der Waals surface area (Å²) in [6.07, 6.45) is 2.16. The number of H-pyrrole nitrogens is 1. The Kier molecular flexibility index (Phi) is 10.6. The zero-order valence-electron chi connectivity index (χ0n) is 19.6. The number of nitrogens with one attached hydrogen (secondary N) is 4. The van der Waals surface area contributed by atoms with E-state index in [1.54, 1.807) is 6.20 Å². The van der Waals surface area contributed by atoms with Crippen molar-refractivity contribution in [2.45, 2.75) is 37.4 Å². The van der Waals surface area contributed by atoms with Crippen LogP contribution in [-0.4, -0.2) is 82.7 Å². The lowest BCUT2D eigenvalue weighted by atomic mass is 10.0. The van der Waals surface area contributed by atoms with E-state index in [4.69, 9.17) is 22.3 Å². The lowest BCUT2D eigenvalue weighted by molar-refractivity contribution is -0.142. The molecule has 1 aromatic carbocycles. The molecule has 14 heteroatoms. The predicted molar refractivity (Wildman–Crippen MR) is 131 cm³/mol. The van der Waals surface area contributed by atoms with Gasteiger partial charge in [-0.2, -0.15) is 0 Å². The van der Waals surface area contributed by atoms with Crippen LogP contribution in [0.1, 0.15) is 18.4 Å². The molecule has 0 spiro atoms. The highest BCUT2D eigenvalue weighted by molar-refractivity contribution is 5.93. The number of aliphatic carboxylic acids is 1. The summed E-state index contributed by atoms with van der Waals surface area (Å²) in [6.45, 7) is -0.942. The van der Waals surface area contributed by atoms with Gasteiger partial charge in [-0.1, -0.05) is 18.2 Å². The highest BCUT2D eigenvalue weighted by Gasteiger charge is 2.26. The largest absolute Gasteiger partial charge is 0.480 e. The zero-order chi connectivity index (χ0) is 26.7. The van der Waals surface area contributed by atoms with Crippen LogP contribution in [0.5, 0.6) is 0 Å². The Morgan fingerprint density at radius 1 is 1.06 bits per heavy atom. The van der Waals surface area contributed by atoms with Gasteiger partial charge in [0.05, 0.1) is 13.2 Å². The molecule has 12 N–H and O–H groups in total. The van der Waals surface area contributed by atoms with Crippen LogP contribution in [0.4, 0.5) is 0 Å². The number of guanidine groups is 1. The number of aliphatic hydroxyl groups excluding tert-OH is 1. The fourth-order valence-electron chi connectivity index (χ4n) is 3.39. The van der Waals surface area contributed by atoms with Crippen LogP contribution < -0.4 is 33.2 Å². The molecule has 0 saturated heterocycles. The monoisotopic (exact) mass is 504 g/mol. The van der Waals surface area contributed by atoms with E-state index in [0.29, 0.717) is 6.42 Å². The van der Waals surface area contributed by atoms with E-state index in [-0.39, 0.29) is 25.3 Å². The van der Waals surface area contributed by atoms with Crippen molar-refractivity contribution < 1.29 is 29.4 Å². The highest BCUT2D eigenvalue weighted by atomic mass is 16.4. The van der Waals surface area contributed by atoms with Gasteiger partial charge in [0, 0.05) is 30.1 Å². The van der Waals surface area contributed by atoms with E-state index in [9.17, 15) is 24.3 Å². The molecule has 3 amide bonds. The number of benzene rings is 1.